The Morgan fingerprint density at radius 1 is 0.933 bits per heavy atom. The lowest BCUT2D eigenvalue weighted by molar-refractivity contribution is -0.146. The summed E-state index contributed by atoms with van der Waals surface area (Å²) in [5, 5.41) is 11.8. The molecule has 2 heterocycles. The molecule has 8 nitrogen and oxygen atoms in total. The van der Waals surface area contributed by atoms with Gasteiger partial charge in [-0.2, -0.15) is 0 Å². The average Bonchev–Trinajstić information content (AvgIpc) is 2.73. The Morgan fingerprint density at radius 3 is 2.10 bits per heavy atom. The maximum Gasteiger partial charge on any atom is 0.407 e. The Bertz CT molecular complexity index is 789. The summed E-state index contributed by atoms with van der Waals surface area (Å²) in [5.41, 5.74) is 2.49. The number of carboxylic acid groups (broad SMARTS) is 1. The normalized spacial score (nSPS) is 18.3. The molecule has 0 aromatic heterocycles. The van der Waals surface area contributed by atoms with E-state index in [4.69, 9.17) is 5.11 Å². The summed E-state index contributed by atoms with van der Waals surface area (Å²) in [7, 11) is 0. The molecule has 2 N–H and O–H groups in total. The highest BCUT2D eigenvalue weighted by Crippen LogP contribution is 2.32. The first kappa shape index (κ1) is 21.9. The number of hydrogen-bond acceptors (Lipinski definition) is 4. The molecule has 1 aromatic rings. The summed E-state index contributed by atoms with van der Waals surface area (Å²) in [5.74, 6) is -1.09. The summed E-state index contributed by atoms with van der Waals surface area (Å²) in [6.45, 7) is 9.70. The maximum absolute atomic E-state index is 12.6. The third-order valence-electron chi connectivity index (χ3n) is 5.91. The van der Waals surface area contributed by atoms with E-state index in [1.165, 1.54) is 16.2 Å². The van der Waals surface area contributed by atoms with Gasteiger partial charge in [0, 0.05) is 51.0 Å². The van der Waals surface area contributed by atoms with E-state index in [0.29, 0.717) is 52.1 Å². The Hall–Kier alpha value is -2.77. The monoisotopic (exact) mass is 416 g/mol. The number of carbonyl (C=O) groups is 3. The first-order valence-electron chi connectivity index (χ1n) is 10.6. The van der Waals surface area contributed by atoms with Crippen molar-refractivity contribution in [3.63, 3.8) is 0 Å². The van der Waals surface area contributed by atoms with Gasteiger partial charge in [0.25, 0.3) is 0 Å². The molecular weight excluding hydrogens is 384 g/mol. The minimum atomic E-state index is -0.943. The number of carbonyl (C=O) groups excluding carboxylic acids is 2. The van der Waals surface area contributed by atoms with Gasteiger partial charge in [0.15, 0.2) is 0 Å². The lowest BCUT2D eigenvalue weighted by Gasteiger charge is -2.38. The molecule has 164 valence electrons. The summed E-state index contributed by atoms with van der Waals surface area (Å²) in [6.07, 6.45) is 0.118. The molecule has 2 aliphatic heterocycles. The van der Waals surface area contributed by atoms with Crippen molar-refractivity contribution in [3.8, 4) is 0 Å². The second-order valence-electron chi connectivity index (χ2n) is 9.06. The van der Waals surface area contributed by atoms with Gasteiger partial charge in [-0.15, -0.1) is 0 Å². The van der Waals surface area contributed by atoms with Gasteiger partial charge in [0.2, 0.25) is 0 Å². The number of anilines is 1. The maximum atomic E-state index is 12.6. The molecular formula is C22H32N4O4. The molecule has 2 saturated heterocycles. The lowest BCUT2D eigenvalue weighted by Crippen LogP contribution is -2.55. The first-order chi connectivity index (χ1) is 14.2. The standard InChI is InChI=1S/C22H32N4O4/c1-22(2,3)17-6-4-5-7-18(17)24-12-14-25(15-13-24)20(28)19(27)23-16-8-10-26(11-9-16)21(29)30/h4-7,16H,8-15H2,1-3H3,(H,23,27)(H,29,30). The third kappa shape index (κ3) is 5.04. The van der Waals surface area contributed by atoms with E-state index in [0.717, 1.165) is 0 Å². The van der Waals surface area contributed by atoms with Gasteiger partial charge in [0.1, 0.15) is 0 Å². The Kier molecular flexibility index (Phi) is 6.53. The quantitative estimate of drug-likeness (QED) is 0.719. The van der Waals surface area contributed by atoms with Crippen molar-refractivity contribution in [2.24, 2.45) is 0 Å². The molecule has 3 rings (SSSR count). The van der Waals surface area contributed by atoms with Crippen LogP contribution in [0.3, 0.4) is 0 Å². The smallest absolute Gasteiger partial charge is 0.407 e. The number of piperidine rings is 1. The van der Waals surface area contributed by atoms with E-state index >= 15 is 0 Å². The molecule has 0 spiro atoms. The number of piperazine rings is 1. The van der Waals surface area contributed by atoms with Crippen molar-refractivity contribution >= 4 is 23.6 Å². The highest BCUT2D eigenvalue weighted by Gasteiger charge is 2.30. The van der Waals surface area contributed by atoms with Crippen LogP contribution in [0.25, 0.3) is 0 Å². The molecule has 0 bridgehead atoms. The third-order valence-corrected chi connectivity index (χ3v) is 5.91. The molecule has 3 amide bonds. The molecule has 2 fully saturated rings. The summed E-state index contributed by atoms with van der Waals surface area (Å²) in [6, 6.07) is 8.20. The SMILES string of the molecule is CC(C)(C)c1ccccc1N1CCN(C(=O)C(=O)NC2CCN(C(=O)O)CC2)CC1. The van der Waals surface area contributed by atoms with Crippen LogP contribution in [0.1, 0.15) is 39.2 Å². The molecule has 1 aromatic carbocycles. The molecule has 0 aliphatic carbocycles. The number of para-hydroxylation sites is 1. The van der Waals surface area contributed by atoms with Crippen LogP contribution in [0.4, 0.5) is 10.5 Å². The van der Waals surface area contributed by atoms with Crippen LogP contribution in [0.5, 0.6) is 0 Å². The van der Waals surface area contributed by atoms with Crippen LogP contribution < -0.4 is 10.2 Å². The van der Waals surface area contributed by atoms with Crippen LogP contribution in [0.2, 0.25) is 0 Å². The van der Waals surface area contributed by atoms with E-state index < -0.39 is 17.9 Å². The van der Waals surface area contributed by atoms with E-state index in [9.17, 15) is 14.4 Å². The highest BCUT2D eigenvalue weighted by molar-refractivity contribution is 6.35. The first-order valence-corrected chi connectivity index (χ1v) is 10.6. The minimum Gasteiger partial charge on any atom is -0.465 e. The minimum absolute atomic E-state index is 0.0274. The summed E-state index contributed by atoms with van der Waals surface area (Å²) < 4.78 is 0. The van der Waals surface area contributed by atoms with Crippen LogP contribution in [-0.4, -0.2) is 78.1 Å². The summed E-state index contributed by atoms with van der Waals surface area (Å²) >= 11 is 0. The molecule has 0 saturated carbocycles. The molecule has 2 aliphatic rings. The van der Waals surface area contributed by atoms with Gasteiger partial charge in [-0.05, 0) is 29.9 Å². The number of benzene rings is 1. The Morgan fingerprint density at radius 2 is 1.53 bits per heavy atom. The average molecular weight is 417 g/mol. The topological polar surface area (TPSA) is 93.2 Å². The van der Waals surface area contributed by atoms with Crippen LogP contribution in [0.15, 0.2) is 24.3 Å². The van der Waals surface area contributed by atoms with E-state index in [1.807, 2.05) is 6.07 Å². The lowest BCUT2D eigenvalue weighted by atomic mass is 9.85. The van der Waals surface area contributed by atoms with E-state index in [2.05, 4.69) is 49.2 Å². The molecule has 30 heavy (non-hydrogen) atoms. The second-order valence-corrected chi connectivity index (χ2v) is 9.06. The number of amides is 3. The fourth-order valence-electron chi connectivity index (χ4n) is 4.14. The number of nitrogens with zero attached hydrogens (tertiary/aromatic N) is 3. The van der Waals surface area contributed by atoms with Crippen molar-refractivity contribution in [2.75, 3.05) is 44.2 Å². The van der Waals surface area contributed by atoms with E-state index in [1.54, 1.807) is 4.90 Å². The van der Waals surface area contributed by atoms with Gasteiger partial charge in [-0.1, -0.05) is 39.0 Å². The van der Waals surface area contributed by atoms with E-state index in [-0.39, 0.29) is 11.5 Å². The van der Waals surface area contributed by atoms with Gasteiger partial charge in [-0.3, -0.25) is 9.59 Å². The molecule has 0 unspecified atom stereocenters. The molecule has 0 atom stereocenters. The van der Waals surface area contributed by atoms with Gasteiger partial charge in [-0.25, -0.2) is 4.79 Å². The number of likely N-dealkylation sites (tertiary alicyclic amines) is 1. The Balaban J connectivity index is 1.52. The van der Waals surface area contributed by atoms with Gasteiger partial charge < -0.3 is 25.1 Å². The summed E-state index contributed by atoms with van der Waals surface area (Å²) in [4.78, 5) is 41.2. The molecule has 8 heteroatoms. The fourth-order valence-corrected chi connectivity index (χ4v) is 4.14. The van der Waals surface area contributed by atoms with Crippen molar-refractivity contribution in [3.05, 3.63) is 29.8 Å². The number of hydrogen-bond donors (Lipinski definition) is 2. The van der Waals surface area contributed by atoms with Gasteiger partial charge in [0.05, 0.1) is 0 Å². The van der Waals surface area contributed by atoms with Crippen molar-refractivity contribution in [1.82, 2.24) is 15.1 Å². The highest BCUT2D eigenvalue weighted by atomic mass is 16.4. The van der Waals surface area contributed by atoms with Crippen molar-refractivity contribution in [1.29, 1.82) is 0 Å². The van der Waals surface area contributed by atoms with Crippen LogP contribution in [-0.2, 0) is 15.0 Å². The predicted molar refractivity (Wildman–Crippen MR) is 115 cm³/mol. The zero-order valence-corrected chi connectivity index (χ0v) is 18.1. The zero-order valence-electron chi connectivity index (χ0n) is 18.1. The van der Waals surface area contributed by atoms with Crippen molar-refractivity contribution in [2.45, 2.75) is 45.1 Å². The largest absolute Gasteiger partial charge is 0.465 e. The number of rotatable bonds is 2. The predicted octanol–water partition coefficient (Wildman–Crippen LogP) is 1.89. The fraction of sp³-hybridized carbons (Fsp3) is 0.591. The molecule has 0 radical (unpaired) electrons. The second kappa shape index (κ2) is 8.93. The van der Waals surface area contributed by atoms with Gasteiger partial charge >= 0.3 is 17.9 Å². The van der Waals surface area contributed by atoms with Crippen molar-refractivity contribution < 1.29 is 19.5 Å². The number of nitrogens with one attached hydrogen (secondary N) is 1. The zero-order chi connectivity index (χ0) is 21.9. The van der Waals surface area contributed by atoms with Crippen LogP contribution in [0, 0.1) is 0 Å². The Labute approximate surface area is 177 Å². The van der Waals surface area contributed by atoms with Crippen LogP contribution >= 0.6 is 0 Å².